The number of rotatable bonds is 16. The second kappa shape index (κ2) is 15.8. The first-order valence-corrected chi connectivity index (χ1v) is 11.8. The van der Waals surface area contributed by atoms with Crippen LogP contribution in [0.3, 0.4) is 0 Å². The van der Waals surface area contributed by atoms with Gasteiger partial charge in [0.25, 0.3) is 0 Å². The number of nitrogens with two attached hydrogens (primary N) is 2. The van der Waals surface area contributed by atoms with Crippen LogP contribution in [0.4, 0.5) is 0 Å². The molecule has 4 atom stereocenters. The maximum atomic E-state index is 12.9. The van der Waals surface area contributed by atoms with E-state index in [1.807, 2.05) is 44.2 Å². The average molecular weight is 494 g/mol. The Labute approximate surface area is 206 Å². The number of carboxylic acid groups (broad SMARTS) is 1. The van der Waals surface area contributed by atoms with Crippen LogP contribution in [-0.2, 0) is 25.6 Å². The van der Waals surface area contributed by atoms with Gasteiger partial charge in [0.15, 0.2) is 0 Å². The normalized spacial score (nSPS) is 14.5. The zero-order valence-corrected chi connectivity index (χ0v) is 20.4. The highest BCUT2D eigenvalue weighted by Crippen LogP contribution is 2.08. The lowest BCUT2D eigenvalue weighted by Gasteiger charge is -2.25. The van der Waals surface area contributed by atoms with Crippen LogP contribution in [0.5, 0.6) is 0 Å². The molecule has 0 heterocycles. The smallest absolute Gasteiger partial charge is 0.326 e. The largest absolute Gasteiger partial charge is 0.480 e. The molecule has 196 valence electrons. The van der Waals surface area contributed by atoms with Crippen LogP contribution in [0.25, 0.3) is 0 Å². The summed E-state index contributed by atoms with van der Waals surface area (Å²) in [4.78, 5) is 49.6. The molecule has 0 radical (unpaired) electrons. The van der Waals surface area contributed by atoms with Gasteiger partial charge in [0.1, 0.15) is 18.1 Å². The number of aliphatic hydroxyl groups excluding tert-OH is 1. The molecular formula is C24H39N5O6. The van der Waals surface area contributed by atoms with Gasteiger partial charge in [0, 0.05) is 0 Å². The first-order valence-electron chi connectivity index (χ1n) is 11.8. The van der Waals surface area contributed by atoms with Crippen molar-refractivity contribution in [2.75, 3.05) is 13.2 Å². The van der Waals surface area contributed by atoms with Crippen LogP contribution >= 0.6 is 0 Å². The number of aliphatic hydroxyl groups is 1. The first kappa shape index (κ1) is 30.0. The Morgan fingerprint density at radius 1 is 0.886 bits per heavy atom. The van der Waals surface area contributed by atoms with Crippen LogP contribution in [0.1, 0.15) is 45.1 Å². The summed E-state index contributed by atoms with van der Waals surface area (Å²) in [6, 6.07) is 4.76. The molecule has 1 aromatic carbocycles. The fourth-order valence-corrected chi connectivity index (χ4v) is 3.43. The number of hydrogen-bond donors (Lipinski definition) is 7. The molecule has 9 N–H and O–H groups in total. The number of amides is 3. The molecule has 0 aromatic heterocycles. The monoisotopic (exact) mass is 493 g/mol. The summed E-state index contributed by atoms with van der Waals surface area (Å²) < 4.78 is 0. The number of unbranched alkanes of at least 4 members (excludes halogenated alkanes) is 1. The van der Waals surface area contributed by atoms with Gasteiger partial charge in [-0.3, -0.25) is 14.4 Å². The van der Waals surface area contributed by atoms with Gasteiger partial charge in [0.05, 0.1) is 12.6 Å². The minimum atomic E-state index is -1.39. The van der Waals surface area contributed by atoms with E-state index in [4.69, 9.17) is 11.5 Å². The molecule has 11 nitrogen and oxygen atoms in total. The van der Waals surface area contributed by atoms with E-state index < -0.39 is 54.5 Å². The quantitative estimate of drug-likeness (QED) is 0.146. The number of aliphatic carboxylic acids is 1. The second-order valence-electron chi connectivity index (χ2n) is 8.91. The lowest BCUT2D eigenvalue weighted by atomic mass is 10.0. The summed E-state index contributed by atoms with van der Waals surface area (Å²) >= 11 is 0. The average Bonchev–Trinajstić information content (AvgIpc) is 2.81. The van der Waals surface area contributed by atoms with Crippen molar-refractivity contribution in [3.8, 4) is 0 Å². The minimum Gasteiger partial charge on any atom is -0.480 e. The van der Waals surface area contributed by atoms with Crippen molar-refractivity contribution in [3.63, 3.8) is 0 Å². The van der Waals surface area contributed by atoms with Crippen molar-refractivity contribution >= 4 is 23.7 Å². The lowest BCUT2D eigenvalue weighted by Crippen LogP contribution is -2.58. The molecular weight excluding hydrogens is 454 g/mol. The van der Waals surface area contributed by atoms with Crippen LogP contribution in [0.15, 0.2) is 30.3 Å². The molecule has 35 heavy (non-hydrogen) atoms. The molecule has 0 aliphatic heterocycles. The fourth-order valence-electron chi connectivity index (χ4n) is 3.43. The maximum Gasteiger partial charge on any atom is 0.326 e. The highest BCUT2D eigenvalue weighted by molar-refractivity contribution is 5.94. The molecule has 4 unspecified atom stereocenters. The van der Waals surface area contributed by atoms with Gasteiger partial charge < -0.3 is 37.6 Å². The SMILES string of the molecule is CC(C)CC(NC(=O)C(N)Cc1ccccc1)C(=O)NC(CO)C(=O)NC(CCCCN)C(=O)O. The summed E-state index contributed by atoms with van der Waals surface area (Å²) in [6.45, 7) is 3.38. The van der Waals surface area contributed by atoms with Gasteiger partial charge in [-0.05, 0) is 50.1 Å². The Kier molecular flexibility index (Phi) is 13.5. The van der Waals surface area contributed by atoms with E-state index in [2.05, 4.69) is 16.0 Å². The summed E-state index contributed by atoms with van der Waals surface area (Å²) in [5, 5.41) is 26.4. The highest BCUT2D eigenvalue weighted by Gasteiger charge is 2.30. The number of carbonyl (C=O) groups is 4. The topological polar surface area (TPSA) is 197 Å². The molecule has 0 aliphatic rings. The molecule has 0 bridgehead atoms. The first-order chi connectivity index (χ1) is 16.6. The van der Waals surface area contributed by atoms with Crippen LogP contribution < -0.4 is 27.4 Å². The van der Waals surface area contributed by atoms with Gasteiger partial charge in [-0.1, -0.05) is 44.2 Å². The summed E-state index contributed by atoms with van der Waals surface area (Å²) in [5.41, 5.74) is 12.3. The van der Waals surface area contributed by atoms with E-state index in [-0.39, 0.29) is 25.2 Å². The lowest BCUT2D eigenvalue weighted by molar-refractivity contribution is -0.142. The Morgan fingerprint density at radius 2 is 1.46 bits per heavy atom. The molecule has 0 fully saturated rings. The van der Waals surface area contributed by atoms with E-state index in [1.165, 1.54) is 0 Å². The van der Waals surface area contributed by atoms with Gasteiger partial charge in [0.2, 0.25) is 17.7 Å². The highest BCUT2D eigenvalue weighted by atomic mass is 16.4. The molecule has 0 saturated heterocycles. The molecule has 0 aliphatic carbocycles. The minimum absolute atomic E-state index is 0.0248. The predicted octanol–water partition coefficient (Wildman–Crippen LogP) is -0.737. The van der Waals surface area contributed by atoms with E-state index in [0.717, 1.165) is 5.56 Å². The number of hydrogen-bond acceptors (Lipinski definition) is 7. The van der Waals surface area contributed by atoms with Crippen molar-refractivity contribution < 1.29 is 29.4 Å². The standard InChI is InChI=1S/C24H39N5O6/c1-15(2)12-19(28-21(31)17(26)13-16-8-4-3-5-9-16)22(32)29-20(14-30)23(33)27-18(24(34)35)10-6-7-11-25/h3-5,8-9,15,17-20,30H,6-7,10-14,25-26H2,1-2H3,(H,27,33)(H,28,31)(H,29,32)(H,34,35). The van der Waals surface area contributed by atoms with Gasteiger partial charge >= 0.3 is 5.97 Å². The second-order valence-corrected chi connectivity index (χ2v) is 8.91. The Hall–Kier alpha value is -3.02. The van der Waals surface area contributed by atoms with Crippen molar-refractivity contribution in [2.45, 2.75) is 70.1 Å². The molecule has 1 rings (SSSR count). The summed E-state index contributed by atoms with van der Waals surface area (Å²) in [6.07, 6.45) is 1.81. The molecule has 1 aromatic rings. The number of benzene rings is 1. The Balaban J connectivity index is 2.80. The van der Waals surface area contributed by atoms with Crippen LogP contribution in [0, 0.1) is 5.92 Å². The van der Waals surface area contributed by atoms with E-state index in [9.17, 15) is 29.4 Å². The molecule has 3 amide bonds. The van der Waals surface area contributed by atoms with Crippen molar-refractivity contribution in [3.05, 3.63) is 35.9 Å². The van der Waals surface area contributed by atoms with Gasteiger partial charge in [-0.25, -0.2) is 4.79 Å². The van der Waals surface area contributed by atoms with E-state index in [1.54, 1.807) is 0 Å². The number of carboxylic acids is 1. The van der Waals surface area contributed by atoms with Crippen molar-refractivity contribution in [2.24, 2.45) is 17.4 Å². The zero-order chi connectivity index (χ0) is 26.4. The van der Waals surface area contributed by atoms with E-state index >= 15 is 0 Å². The van der Waals surface area contributed by atoms with E-state index in [0.29, 0.717) is 19.4 Å². The number of carbonyl (C=O) groups excluding carboxylic acids is 3. The van der Waals surface area contributed by atoms with Crippen LogP contribution in [-0.4, -0.2) is 71.2 Å². The Bertz CT molecular complexity index is 820. The maximum absolute atomic E-state index is 12.9. The molecule has 0 spiro atoms. The third-order valence-corrected chi connectivity index (χ3v) is 5.35. The van der Waals surface area contributed by atoms with Crippen LogP contribution in [0.2, 0.25) is 0 Å². The zero-order valence-electron chi connectivity index (χ0n) is 20.4. The summed E-state index contributed by atoms with van der Waals surface area (Å²) in [7, 11) is 0. The third kappa shape index (κ3) is 11.3. The number of nitrogens with one attached hydrogen (secondary N) is 3. The Morgan fingerprint density at radius 3 is 2.00 bits per heavy atom. The van der Waals surface area contributed by atoms with Crippen molar-refractivity contribution in [1.29, 1.82) is 0 Å². The predicted molar refractivity (Wildman–Crippen MR) is 131 cm³/mol. The third-order valence-electron chi connectivity index (χ3n) is 5.35. The van der Waals surface area contributed by atoms with Gasteiger partial charge in [-0.2, -0.15) is 0 Å². The van der Waals surface area contributed by atoms with Crippen molar-refractivity contribution in [1.82, 2.24) is 16.0 Å². The van der Waals surface area contributed by atoms with Gasteiger partial charge in [-0.15, -0.1) is 0 Å². The molecule has 0 saturated carbocycles. The summed E-state index contributed by atoms with van der Waals surface area (Å²) in [5.74, 6) is -3.24. The fraction of sp³-hybridized carbons (Fsp3) is 0.583. The molecule has 11 heteroatoms.